The van der Waals surface area contributed by atoms with Gasteiger partial charge < -0.3 is 15.0 Å². The number of benzene rings is 2. The molecule has 0 aromatic heterocycles. The third-order valence-electron chi connectivity index (χ3n) is 5.07. The maximum Gasteiger partial charge on any atom is 0.407 e. The van der Waals surface area contributed by atoms with Gasteiger partial charge in [-0.1, -0.05) is 48.0 Å². The van der Waals surface area contributed by atoms with Gasteiger partial charge in [0.05, 0.1) is 4.90 Å². The normalized spacial score (nSPS) is 14.7. The SMILES string of the molecule is O=C(NCCCC(=O)N1CCN(S(=O)(=O)c2cccc(Cl)c2)CC1)OCc1ccccc1. The van der Waals surface area contributed by atoms with Gasteiger partial charge in [0, 0.05) is 44.2 Å². The molecule has 1 fully saturated rings. The zero-order chi connectivity index (χ0) is 23.0. The summed E-state index contributed by atoms with van der Waals surface area (Å²) in [6.45, 7) is 1.61. The minimum atomic E-state index is -3.64. The van der Waals surface area contributed by atoms with Crippen molar-refractivity contribution >= 4 is 33.6 Å². The van der Waals surface area contributed by atoms with Crippen LogP contribution in [0.1, 0.15) is 18.4 Å². The van der Waals surface area contributed by atoms with Crippen LogP contribution in [0.25, 0.3) is 0 Å². The minimum absolute atomic E-state index is 0.0655. The van der Waals surface area contributed by atoms with E-state index >= 15 is 0 Å². The molecule has 3 rings (SSSR count). The van der Waals surface area contributed by atoms with E-state index in [1.165, 1.54) is 16.4 Å². The van der Waals surface area contributed by atoms with E-state index in [2.05, 4.69) is 5.32 Å². The number of alkyl carbamates (subject to hydrolysis) is 1. The van der Waals surface area contributed by atoms with Crippen LogP contribution in [-0.4, -0.2) is 62.3 Å². The van der Waals surface area contributed by atoms with Crippen LogP contribution in [0.5, 0.6) is 0 Å². The monoisotopic (exact) mass is 479 g/mol. The van der Waals surface area contributed by atoms with Crippen molar-refractivity contribution in [3.8, 4) is 0 Å². The molecular weight excluding hydrogens is 454 g/mol. The van der Waals surface area contributed by atoms with Crippen molar-refractivity contribution in [2.45, 2.75) is 24.3 Å². The molecule has 2 aromatic carbocycles. The molecule has 0 aliphatic carbocycles. The number of hydrogen-bond donors (Lipinski definition) is 1. The molecule has 10 heteroatoms. The molecule has 0 radical (unpaired) electrons. The summed E-state index contributed by atoms with van der Waals surface area (Å²) in [4.78, 5) is 26.0. The van der Waals surface area contributed by atoms with E-state index in [9.17, 15) is 18.0 Å². The Bertz CT molecular complexity index is 1020. The topological polar surface area (TPSA) is 96.0 Å². The zero-order valence-corrected chi connectivity index (χ0v) is 19.1. The summed E-state index contributed by atoms with van der Waals surface area (Å²) < 4.78 is 32.0. The van der Waals surface area contributed by atoms with Crippen LogP contribution in [0.2, 0.25) is 5.02 Å². The molecule has 0 spiro atoms. The van der Waals surface area contributed by atoms with Crippen LogP contribution in [0, 0.1) is 0 Å². The van der Waals surface area contributed by atoms with Gasteiger partial charge in [-0.15, -0.1) is 0 Å². The van der Waals surface area contributed by atoms with E-state index < -0.39 is 16.1 Å². The second kappa shape index (κ2) is 11.3. The summed E-state index contributed by atoms with van der Waals surface area (Å²) in [6.07, 6.45) is 0.210. The van der Waals surface area contributed by atoms with Gasteiger partial charge in [0.25, 0.3) is 0 Å². The third-order valence-corrected chi connectivity index (χ3v) is 7.20. The average Bonchev–Trinajstić information content (AvgIpc) is 2.81. The molecule has 8 nitrogen and oxygen atoms in total. The summed E-state index contributed by atoms with van der Waals surface area (Å²) in [6, 6.07) is 15.5. The number of carbonyl (C=O) groups is 2. The Morgan fingerprint density at radius 3 is 2.41 bits per heavy atom. The second-order valence-corrected chi connectivity index (χ2v) is 9.71. The van der Waals surface area contributed by atoms with Crippen molar-refractivity contribution in [3.05, 3.63) is 65.2 Å². The van der Waals surface area contributed by atoms with Gasteiger partial charge in [-0.3, -0.25) is 4.79 Å². The Kier molecular flexibility index (Phi) is 8.49. The van der Waals surface area contributed by atoms with Gasteiger partial charge >= 0.3 is 6.09 Å². The highest BCUT2D eigenvalue weighted by atomic mass is 35.5. The lowest BCUT2D eigenvalue weighted by Gasteiger charge is -2.34. The predicted octanol–water partition coefficient (Wildman–Crippen LogP) is 2.88. The van der Waals surface area contributed by atoms with Crippen LogP contribution in [0.3, 0.4) is 0 Å². The number of piperazine rings is 1. The first-order chi connectivity index (χ1) is 15.4. The van der Waals surface area contributed by atoms with E-state index in [1.807, 2.05) is 30.3 Å². The first kappa shape index (κ1) is 24.0. The number of carbonyl (C=O) groups excluding carboxylic acids is 2. The summed E-state index contributed by atoms with van der Waals surface area (Å²) in [5.74, 6) is -0.0655. The van der Waals surface area contributed by atoms with Crippen molar-refractivity contribution in [1.29, 1.82) is 0 Å². The summed E-state index contributed by atoms with van der Waals surface area (Å²) in [5.41, 5.74) is 0.898. The Morgan fingerprint density at radius 2 is 1.72 bits per heavy atom. The smallest absolute Gasteiger partial charge is 0.407 e. The number of halogens is 1. The number of nitrogens with zero attached hydrogens (tertiary/aromatic N) is 2. The molecule has 0 bridgehead atoms. The molecule has 2 aromatic rings. The van der Waals surface area contributed by atoms with Crippen LogP contribution in [-0.2, 0) is 26.2 Å². The van der Waals surface area contributed by atoms with Crippen molar-refractivity contribution in [1.82, 2.24) is 14.5 Å². The van der Waals surface area contributed by atoms with E-state index in [0.29, 0.717) is 31.1 Å². The Hall–Kier alpha value is -2.62. The number of amides is 2. The second-order valence-electron chi connectivity index (χ2n) is 7.33. The highest BCUT2D eigenvalue weighted by molar-refractivity contribution is 7.89. The molecule has 172 valence electrons. The van der Waals surface area contributed by atoms with Crippen LogP contribution in [0.4, 0.5) is 4.79 Å². The molecule has 1 saturated heterocycles. The summed E-state index contributed by atoms with van der Waals surface area (Å²) in [5, 5.41) is 2.99. The number of hydrogen-bond acceptors (Lipinski definition) is 5. The molecular formula is C22H26ClN3O5S. The molecule has 0 saturated carbocycles. The minimum Gasteiger partial charge on any atom is -0.445 e. The number of sulfonamides is 1. The van der Waals surface area contributed by atoms with Crippen LogP contribution in [0.15, 0.2) is 59.5 Å². The summed E-state index contributed by atoms with van der Waals surface area (Å²) >= 11 is 5.91. The number of rotatable bonds is 8. The zero-order valence-electron chi connectivity index (χ0n) is 17.6. The Morgan fingerprint density at radius 1 is 1.00 bits per heavy atom. The number of nitrogens with one attached hydrogen (secondary N) is 1. The fraction of sp³-hybridized carbons (Fsp3) is 0.364. The Labute approximate surface area is 193 Å². The van der Waals surface area contributed by atoms with Crippen LogP contribution >= 0.6 is 11.6 Å². The largest absolute Gasteiger partial charge is 0.445 e. The van der Waals surface area contributed by atoms with Gasteiger partial charge in [0.15, 0.2) is 0 Å². The lowest BCUT2D eigenvalue weighted by atomic mass is 10.2. The Balaban J connectivity index is 1.35. The first-order valence-electron chi connectivity index (χ1n) is 10.3. The molecule has 0 atom stereocenters. The van der Waals surface area contributed by atoms with Crippen molar-refractivity contribution in [3.63, 3.8) is 0 Å². The highest BCUT2D eigenvalue weighted by Crippen LogP contribution is 2.21. The molecule has 32 heavy (non-hydrogen) atoms. The maximum absolute atomic E-state index is 12.7. The van der Waals surface area contributed by atoms with Crippen molar-refractivity contribution in [2.24, 2.45) is 0 Å². The first-order valence-corrected chi connectivity index (χ1v) is 12.2. The quantitative estimate of drug-likeness (QED) is 0.587. The molecule has 1 N–H and O–H groups in total. The lowest BCUT2D eigenvalue weighted by Crippen LogP contribution is -2.50. The fourth-order valence-corrected chi connectivity index (χ4v) is 5.04. The molecule has 0 unspecified atom stereocenters. The van der Waals surface area contributed by atoms with Crippen molar-refractivity contribution < 1.29 is 22.7 Å². The van der Waals surface area contributed by atoms with E-state index in [1.54, 1.807) is 17.0 Å². The van der Waals surface area contributed by atoms with Crippen molar-refractivity contribution in [2.75, 3.05) is 32.7 Å². The molecule has 2 amide bonds. The van der Waals surface area contributed by atoms with E-state index in [4.69, 9.17) is 16.3 Å². The molecule has 1 aliphatic rings. The van der Waals surface area contributed by atoms with Gasteiger partial charge in [0.2, 0.25) is 15.9 Å². The third kappa shape index (κ3) is 6.69. The fourth-order valence-electron chi connectivity index (χ4n) is 3.32. The lowest BCUT2D eigenvalue weighted by molar-refractivity contribution is -0.132. The van der Waals surface area contributed by atoms with E-state index in [-0.39, 0.29) is 36.9 Å². The highest BCUT2D eigenvalue weighted by Gasteiger charge is 2.30. The number of ether oxygens (including phenoxy) is 1. The maximum atomic E-state index is 12.7. The van der Waals surface area contributed by atoms with Gasteiger partial charge in [-0.05, 0) is 30.2 Å². The van der Waals surface area contributed by atoms with Gasteiger partial charge in [-0.2, -0.15) is 4.31 Å². The molecule has 1 heterocycles. The van der Waals surface area contributed by atoms with Crippen LogP contribution < -0.4 is 5.32 Å². The standard InChI is InChI=1S/C22H26ClN3O5S/c23-19-8-4-9-20(16-19)32(29,30)26-14-12-25(13-15-26)21(27)10-5-11-24-22(28)31-17-18-6-2-1-3-7-18/h1-4,6-9,16H,5,10-15,17H2,(H,24,28). The molecule has 1 aliphatic heterocycles. The van der Waals surface area contributed by atoms with Gasteiger partial charge in [0.1, 0.15) is 6.61 Å². The van der Waals surface area contributed by atoms with E-state index in [0.717, 1.165) is 5.56 Å². The average molecular weight is 480 g/mol. The predicted molar refractivity (Wildman–Crippen MR) is 121 cm³/mol. The summed E-state index contributed by atoms with van der Waals surface area (Å²) in [7, 11) is -3.64. The van der Waals surface area contributed by atoms with Gasteiger partial charge in [-0.25, -0.2) is 13.2 Å².